The maximum absolute atomic E-state index is 8.85. The number of pyridine rings is 1. The van der Waals surface area contributed by atoms with Crippen LogP contribution in [0.2, 0.25) is 0 Å². The molecule has 0 atom stereocenters. The molecule has 110 valence electrons. The monoisotopic (exact) mass is 284 g/mol. The smallest absolute Gasteiger partial charge is 0.170 e. The van der Waals surface area contributed by atoms with E-state index in [0.29, 0.717) is 5.56 Å². The molecule has 0 aliphatic rings. The number of aryl methyl sites for hydroxylation is 2. The molecule has 5 heteroatoms. The van der Waals surface area contributed by atoms with Crippen LogP contribution in [0, 0.1) is 13.8 Å². The van der Waals surface area contributed by atoms with E-state index < -0.39 is 0 Å². The number of anilines is 2. The van der Waals surface area contributed by atoms with Crippen LogP contribution in [0.15, 0.2) is 41.6 Å². The molecule has 0 fully saturated rings. The lowest BCUT2D eigenvalue weighted by Gasteiger charge is -2.23. The molecule has 1 heterocycles. The first-order valence-electron chi connectivity index (χ1n) is 6.86. The summed E-state index contributed by atoms with van der Waals surface area (Å²) >= 11 is 0. The van der Waals surface area contributed by atoms with Crippen molar-refractivity contribution in [1.29, 1.82) is 0 Å². The second-order valence-corrected chi connectivity index (χ2v) is 4.92. The van der Waals surface area contributed by atoms with Crippen molar-refractivity contribution in [3.05, 3.63) is 53.2 Å². The highest BCUT2D eigenvalue weighted by Crippen LogP contribution is 2.25. The van der Waals surface area contributed by atoms with Gasteiger partial charge in [0.25, 0.3) is 0 Å². The van der Waals surface area contributed by atoms with Crippen LogP contribution in [-0.2, 0) is 0 Å². The molecule has 1 aromatic carbocycles. The Hall–Kier alpha value is -2.56. The largest absolute Gasteiger partial charge is 0.409 e. The summed E-state index contributed by atoms with van der Waals surface area (Å²) in [6.07, 6.45) is 0. The topological polar surface area (TPSA) is 74.7 Å². The molecule has 1 aromatic heterocycles. The van der Waals surface area contributed by atoms with E-state index in [1.807, 2.05) is 25.1 Å². The minimum Gasteiger partial charge on any atom is -0.409 e. The molecule has 0 aliphatic carbocycles. The van der Waals surface area contributed by atoms with E-state index in [0.717, 1.165) is 23.7 Å². The highest BCUT2D eigenvalue weighted by molar-refractivity contribution is 5.97. The van der Waals surface area contributed by atoms with E-state index in [9.17, 15) is 0 Å². The summed E-state index contributed by atoms with van der Waals surface area (Å²) in [6.45, 7) is 6.79. The van der Waals surface area contributed by atoms with Crippen molar-refractivity contribution in [3.63, 3.8) is 0 Å². The summed E-state index contributed by atoms with van der Waals surface area (Å²) in [4.78, 5) is 6.65. The van der Waals surface area contributed by atoms with Crippen LogP contribution in [0.1, 0.15) is 23.7 Å². The highest BCUT2D eigenvalue weighted by atomic mass is 16.4. The molecule has 0 bridgehead atoms. The van der Waals surface area contributed by atoms with Gasteiger partial charge in [-0.3, -0.25) is 0 Å². The van der Waals surface area contributed by atoms with Gasteiger partial charge in [-0.15, -0.1) is 0 Å². The summed E-state index contributed by atoms with van der Waals surface area (Å²) < 4.78 is 0. The average molecular weight is 284 g/mol. The van der Waals surface area contributed by atoms with Gasteiger partial charge in [0.15, 0.2) is 5.84 Å². The van der Waals surface area contributed by atoms with Crippen molar-refractivity contribution >= 4 is 17.3 Å². The molecule has 3 N–H and O–H groups in total. The number of benzene rings is 1. The zero-order chi connectivity index (χ0) is 15.4. The van der Waals surface area contributed by atoms with Crippen molar-refractivity contribution in [2.45, 2.75) is 20.8 Å². The third-order valence-electron chi connectivity index (χ3n) is 3.25. The Balaban J connectivity index is 2.50. The Morgan fingerprint density at radius 3 is 2.67 bits per heavy atom. The van der Waals surface area contributed by atoms with Crippen LogP contribution in [0.4, 0.5) is 11.5 Å². The van der Waals surface area contributed by atoms with Crippen LogP contribution >= 0.6 is 0 Å². The molecule has 2 rings (SSSR count). The van der Waals surface area contributed by atoms with E-state index in [-0.39, 0.29) is 5.84 Å². The van der Waals surface area contributed by atoms with Crippen molar-refractivity contribution < 1.29 is 5.21 Å². The number of aromatic nitrogens is 1. The lowest BCUT2D eigenvalue weighted by atomic mass is 10.1. The molecular weight excluding hydrogens is 264 g/mol. The first kappa shape index (κ1) is 14.8. The SMILES string of the molecule is CCN(c1cccc(C)c1)c1cc(/C(N)=N/O)cc(C)n1. The zero-order valence-electron chi connectivity index (χ0n) is 12.5. The molecule has 0 radical (unpaired) electrons. The first-order chi connectivity index (χ1) is 10.0. The van der Waals surface area contributed by atoms with E-state index in [2.05, 4.69) is 41.0 Å². The Bertz CT molecular complexity index is 667. The van der Waals surface area contributed by atoms with E-state index in [1.54, 1.807) is 6.07 Å². The minimum absolute atomic E-state index is 0.0852. The van der Waals surface area contributed by atoms with E-state index in [1.165, 1.54) is 5.56 Å². The quantitative estimate of drug-likeness (QED) is 0.392. The molecule has 0 unspecified atom stereocenters. The third kappa shape index (κ3) is 3.31. The van der Waals surface area contributed by atoms with Gasteiger partial charge in [-0.25, -0.2) is 4.98 Å². The Kier molecular flexibility index (Phi) is 4.42. The number of oxime groups is 1. The normalized spacial score (nSPS) is 11.5. The first-order valence-corrected chi connectivity index (χ1v) is 6.86. The second kappa shape index (κ2) is 6.26. The van der Waals surface area contributed by atoms with Crippen molar-refractivity contribution in [1.82, 2.24) is 4.98 Å². The summed E-state index contributed by atoms with van der Waals surface area (Å²) in [5.41, 5.74) is 9.43. The van der Waals surface area contributed by atoms with Gasteiger partial charge in [-0.2, -0.15) is 0 Å². The van der Waals surface area contributed by atoms with Gasteiger partial charge in [0.1, 0.15) is 5.82 Å². The standard InChI is InChI=1S/C16H20N4O/c1-4-20(14-7-5-6-11(2)8-14)15-10-13(16(17)19-21)9-12(3)18-15/h5-10,21H,4H2,1-3H3,(H2,17,19). The maximum Gasteiger partial charge on any atom is 0.170 e. The van der Waals surface area contributed by atoms with Gasteiger partial charge in [0, 0.05) is 23.5 Å². The van der Waals surface area contributed by atoms with Crippen LogP contribution < -0.4 is 10.6 Å². The molecule has 0 aliphatic heterocycles. The Labute approximate surface area is 124 Å². The molecule has 0 spiro atoms. The van der Waals surface area contributed by atoms with Gasteiger partial charge in [0.05, 0.1) is 0 Å². The lowest BCUT2D eigenvalue weighted by molar-refractivity contribution is 0.318. The van der Waals surface area contributed by atoms with Crippen molar-refractivity contribution in [2.24, 2.45) is 10.9 Å². The van der Waals surface area contributed by atoms with Crippen LogP contribution in [0.5, 0.6) is 0 Å². The predicted octanol–water partition coefficient (Wildman–Crippen LogP) is 2.95. The van der Waals surface area contributed by atoms with Gasteiger partial charge in [-0.05, 0) is 50.6 Å². The van der Waals surface area contributed by atoms with Crippen molar-refractivity contribution in [2.75, 3.05) is 11.4 Å². The van der Waals surface area contributed by atoms with Gasteiger partial charge < -0.3 is 15.8 Å². The van der Waals surface area contributed by atoms with Gasteiger partial charge in [-0.1, -0.05) is 17.3 Å². The number of nitrogens with two attached hydrogens (primary N) is 1. The molecule has 0 saturated heterocycles. The summed E-state index contributed by atoms with van der Waals surface area (Å²) in [7, 11) is 0. The summed E-state index contributed by atoms with van der Waals surface area (Å²) in [5.74, 6) is 0.867. The van der Waals surface area contributed by atoms with Crippen molar-refractivity contribution in [3.8, 4) is 0 Å². The molecular formula is C16H20N4O. The minimum atomic E-state index is 0.0852. The van der Waals surface area contributed by atoms with Gasteiger partial charge in [0.2, 0.25) is 0 Å². The molecule has 0 saturated carbocycles. The number of hydrogen-bond acceptors (Lipinski definition) is 4. The number of nitrogens with zero attached hydrogens (tertiary/aromatic N) is 3. The second-order valence-electron chi connectivity index (χ2n) is 4.92. The predicted molar refractivity (Wildman–Crippen MR) is 85.3 cm³/mol. The molecule has 2 aromatic rings. The Morgan fingerprint density at radius 1 is 1.29 bits per heavy atom. The lowest BCUT2D eigenvalue weighted by Crippen LogP contribution is -2.20. The van der Waals surface area contributed by atoms with Crippen LogP contribution in [0.25, 0.3) is 0 Å². The zero-order valence-corrected chi connectivity index (χ0v) is 12.5. The van der Waals surface area contributed by atoms with Crippen LogP contribution in [-0.4, -0.2) is 22.6 Å². The van der Waals surface area contributed by atoms with Crippen LogP contribution in [0.3, 0.4) is 0 Å². The summed E-state index contributed by atoms with van der Waals surface area (Å²) in [6, 6.07) is 11.9. The van der Waals surface area contributed by atoms with Gasteiger partial charge >= 0.3 is 0 Å². The molecule has 0 amide bonds. The summed E-state index contributed by atoms with van der Waals surface area (Å²) in [5, 5.41) is 11.9. The van der Waals surface area contributed by atoms with E-state index in [4.69, 9.17) is 10.9 Å². The Morgan fingerprint density at radius 2 is 2.05 bits per heavy atom. The number of rotatable bonds is 4. The molecule has 5 nitrogen and oxygen atoms in total. The fraction of sp³-hybridized carbons (Fsp3) is 0.250. The third-order valence-corrected chi connectivity index (χ3v) is 3.25. The number of amidine groups is 1. The number of hydrogen-bond donors (Lipinski definition) is 2. The molecule has 21 heavy (non-hydrogen) atoms. The fourth-order valence-electron chi connectivity index (χ4n) is 2.27. The maximum atomic E-state index is 8.85. The fourth-order valence-corrected chi connectivity index (χ4v) is 2.27. The average Bonchev–Trinajstić information content (AvgIpc) is 2.46. The highest BCUT2D eigenvalue weighted by Gasteiger charge is 2.12. The van der Waals surface area contributed by atoms with E-state index >= 15 is 0 Å².